The van der Waals surface area contributed by atoms with E-state index < -0.39 is 0 Å². The maximum atomic E-state index is 13.2. The third-order valence-corrected chi connectivity index (χ3v) is 6.12. The molecule has 3 heterocycles. The van der Waals surface area contributed by atoms with Gasteiger partial charge >= 0.3 is 5.97 Å². The summed E-state index contributed by atoms with van der Waals surface area (Å²) in [6.07, 6.45) is 0. The number of esters is 1. The van der Waals surface area contributed by atoms with Crippen LogP contribution in [0.15, 0.2) is 30.3 Å². The second-order valence-electron chi connectivity index (χ2n) is 8.17. The summed E-state index contributed by atoms with van der Waals surface area (Å²) in [5.74, 6) is -0.410. The van der Waals surface area contributed by atoms with Gasteiger partial charge in [0.15, 0.2) is 0 Å². The summed E-state index contributed by atoms with van der Waals surface area (Å²) in [4.78, 5) is 28.9. The first-order chi connectivity index (χ1) is 15.3. The van der Waals surface area contributed by atoms with Gasteiger partial charge in [0, 0.05) is 49.7 Å². The molecule has 1 atom stereocenters. The van der Waals surface area contributed by atoms with E-state index in [9.17, 15) is 9.59 Å². The number of rotatable bonds is 4. The molecule has 3 aromatic rings. The third-order valence-electron chi connectivity index (χ3n) is 6.12. The number of piperazine rings is 1. The van der Waals surface area contributed by atoms with Gasteiger partial charge in [-0.3, -0.25) is 14.6 Å². The Balaban J connectivity index is 1.45. The molecule has 1 aliphatic rings. The maximum Gasteiger partial charge on any atom is 0.337 e. The van der Waals surface area contributed by atoms with Crippen molar-refractivity contribution in [1.82, 2.24) is 24.9 Å². The zero-order valence-corrected chi connectivity index (χ0v) is 19.0. The van der Waals surface area contributed by atoms with Crippen molar-refractivity contribution >= 4 is 17.6 Å². The Bertz CT molecular complexity index is 1150. The number of aromatic nitrogens is 4. The normalized spacial score (nSPS) is 16.3. The van der Waals surface area contributed by atoms with E-state index >= 15 is 0 Å². The molecule has 0 spiro atoms. The average molecular weight is 437 g/mol. The van der Waals surface area contributed by atoms with Crippen LogP contribution >= 0.6 is 0 Å². The quantitative estimate of drug-likeness (QED) is 0.632. The molecule has 168 valence electrons. The van der Waals surface area contributed by atoms with Crippen molar-refractivity contribution in [1.29, 1.82) is 0 Å². The minimum Gasteiger partial charge on any atom is -0.465 e. The van der Waals surface area contributed by atoms with Gasteiger partial charge in [0.2, 0.25) is 0 Å². The lowest BCUT2D eigenvalue weighted by Gasteiger charge is -2.40. The molecule has 0 saturated carbocycles. The van der Waals surface area contributed by atoms with Gasteiger partial charge < -0.3 is 14.5 Å². The highest BCUT2D eigenvalue weighted by Gasteiger charge is 2.30. The summed E-state index contributed by atoms with van der Waals surface area (Å²) < 4.78 is 6.58. The van der Waals surface area contributed by atoms with Gasteiger partial charge in [-0.2, -0.15) is 10.2 Å². The molecule has 9 nitrogen and oxygen atoms in total. The second kappa shape index (κ2) is 8.49. The first-order valence-corrected chi connectivity index (χ1v) is 10.6. The van der Waals surface area contributed by atoms with Crippen LogP contribution in [0, 0.1) is 13.8 Å². The Morgan fingerprint density at radius 2 is 1.88 bits per heavy atom. The number of ether oxygens (including phenoxy) is 1. The summed E-state index contributed by atoms with van der Waals surface area (Å²) in [5, 5.41) is 11.7. The molecular weight excluding hydrogens is 408 g/mol. The number of amides is 1. The first kappa shape index (κ1) is 21.6. The smallest absolute Gasteiger partial charge is 0.337 e. The van der Waals surface area contributed by atoms with Crippen molar-refractivity contribution in [2.75, 3.05) is 31.6 Å². The van der Waals surface area contributed by atoms with Crippen LogP contribution in [0.25, 0.3) is 11.3 Å². The molecule has 1 aromatic carbocycles. The predicted molar refractivity (Wildman–Crippen MR) is 121 cm³/mol. The molecule has 0 aliphatic carbocycles. The molecule has 0 bridgehead atoms. The van der Waals surface area contributed by atoms with E-state index in [0.29, 0.717) is 30.9 Å². The van der Waals surface area contributed by atoms with Gasteiger partial charge in [-0.25, -0.2) is 4.79 Å². The van der Waals surface area contributed by atoms with Gasteiger partial charge in [-0.05, 0) is 51.1 Å². The van der Waals surface area contributed by atoms with E-state index in [1.54, 1.807) is 12.1 Å². The Hall–Kier alpha value is -3.62. The van der Waals surface area contributed by atoms with Crippen LogP contribution < -0.4 is 4.90 Å². The fourth-order valence-electron chi connectivity index (χ4n) is 4.28. The fourth-order valence-corrected chi connectivity index (χ4v) is 4.28. The van der Waals surface area contributed by atoms with Crippen molar-refractivity contribution in [2.45, 2.75) is 26.8 Å². The number of hydrogen-bond donors (Lipinski definition) is 1. The van der Waals surface area contributed by atoms with E-state index in [2.05, 4.69) is 20.2 Å². The number of aromatic amines is 1. The Kier molecular flexibility index (Phi) is 5.73. The number of nitrogens with zero attached hydrogens (tertiary/aromatic N) is 5. The van der Waals surface area contributed by atoms with E-state index in [4.69, 9.17) is 4.74 Å². The summed E-state index contributed by atoms with van der Waals surface area (Å²) in [7, 11) is 3.27. The predicted octanol–water partition coefficient (Wildman–Crippen LogP) is 2.56. The zero-order chi connectivity index (χ0) is 23.0. The van der Waals surface area contributed by atoms with Crippen LogP contribution in [0.3, 0.4) is 0 Å². The van der Waals surface area contributed by atoms with E-state index in [1.165, 1.54) is 7.11 Å². The third kappa shape index (κ3) is 3.86. The van der Waals surface area contributed by atoms with Crippen LogP contribution in [0.1, 0.15) is 39.2 Å². The lowest BCUT2D eigenvalue weighted by molar-refractivity contribution is 0.0599. The summed E-state index contributed by atoms with van der Waals surface area (Å²) in [6.45, 7) is 7.97. The Morgan fingerprint density at radius 1 is 1.16 bits per heavy atom. The van der Waals surface area contributed by atoms with Crippen LogP contribution in [-0.2, 0) is 11.8 Å². The van der Waals surface area contributed by atoms with Crippen LogP contribution in [0.2, 0.25) is 0 Å². The Morgan fingerprint density at radius 3 is 2.47 bits per heavy atom. The molecule has 1 amide bonds. The number of carbonyl (C=O) groups is 2. The summed E-state index contributed by atoms with van der Waals surface area (Å²) >= 11 is 0. The number of carbonyl (C=O) groups excluding carboxylic acids is 2. The highest BCUT2D eigenvalue weighted by Crippen LogP contribution is 2.26. The van der Waals surface area contributed by atoms with Gasteiger partial charge in [-0.1, -0.05) is 0 Å². The molecule has 4 rings (SSSR count). The minimum absolute atomic E-state index is 0.0187. The number of anilines is 1. The van der Waals surface area contributed by atoms with Crippen molar-refractivity contribution in [2.24, 2.45) is 7.05 Å². The second-order valence-corrected chi connectivity index (χ2v) is 8.17. The lowest BCUT2D eigenvalue weighted by Crippen LogP contribution is -2.54. The molecule has 2 aromatic heterocycles. The van der Waals surface area contributed by atoms with Gasteiger partial charge in [0.1, 0.15) is 5.69 Å². The summed E-state index contributed by atoms with van der Waals surface area (Å²) in [5.41, 5.74) is 5.59. The maximum absolute atomic E-state index is 13.2. The molecular formula is C23H28N6O3. The topological polar surface area (TPSA) is 96.3 Å². The van der Waals surface area contributed by atoms with Crippen molar-refractivity contribution < 1.29 is 14.3 Å². The standard InChI is InChI=1S/C23H28N6O3/c1-14-13-28(18-8-6-17(7-9-18)23(31)32-5)10-11-29(14)22(30)20-12-19(24-25-20)21-15(2)26-27(4)16(21)3/h6-9,12,14H,10-11,13H2,1-5H3,(H,24,25). The number of nitrogens with one attached hydrogen (secondary N) is 1. The number of benzene rings is 1. The highest BCUT2D eigenvalue weighted by atomic mass is 16.5. The van der Waals surface area contributed by atoms with E-state index in [0.717, 1.165) is 28.3 Å². The highest BCUT2D eigenvalue weighted by molar-refractivity contribution is 5.94. The molecule has 1 fully saturated rings. The zero-order valence-electron chi connectivity index (χ0n) is 19.0. The molecule has 32 heavy (non-hydrogen) atoms. The van der Waals surface area contributed by atoms with Crippen LogP contribution in [-0.4, -0.2) is 69.5 Å². The number of methoxy groups -OCH3 is 1. The van der Waals surface area contributed by atoms with Gasteiger partial charge in [-0.15, -0.1) is 0 Å². The molecule has 1 unspecified atom stereocenters. The number of H-pyrrole nitrogens is 1. The van der Waals surface area contributed by atoms with Crippen LogP contribution in [0.4, 0.5) is 5.69 Å². The molecule has 0 radical (unpaired) electrons. The monoisotopic (exact) mass is 436 g/mol. The summed E-state index contributed by atoms with van der Waals surface area (Å²) in [6, 6.07) is 9.18. The SMILES string of the molecule is COC(=O)c1ccc(N2CCN(C(=O)c3cc(-c4c(C)nn(C)c4C)n[nH]3)C(C)C2)cc1. The van der Waals surface area contributed by atoms with E-state index in [-0.39, 0.29) is 17.9 Å². The minimum atomic E-state index is -0.351. The molecule has 1 saturated heterocycles. The van der Waals surface area contributed by atoms with Crippen LogP contribution in [0.5, 0.6) is 0 Å². The number of aryl methyl sites for hydroxylation is 2. The Labute approximate surface area is 187 Å². The largest absolute Gasteiger partial charge is 0.465 e. The first-order valence-electron chi connectivity index (χ1n) is 10.6. The lowest BCUT2D eigenvalue weighted by atomic mass is 10.1. The van der Waals surface area contributed by atoms with Gasteiger partial charge in [0.05, 0.1) is 24.1 Å². The van der Waals surface area contributed by atoms with Gasteiger partial charge in [0.25, 0.3) is 5.91 Å². The number of hydrogen-bond acceptors (Lipinski definition) is 6. The van der Waals surface area contributed by atoms with E-state index in [1.807, 2.05) is 55.6 Å². The molecule has 1 N–H and O–H groups in total. The van der Waals surface area contributed by atoms with Crippen molar-refractivity contribution in [3.05, 3.63) is 53.0 Å². The fraction of sp³-hybridized carbons (Fsp3) is 0.391. The molecule has 9 heteroatoms. The van der Waals surface area contributed by atoms with Crippen molar-refractivity contribution in [3.63, 3.8) is 0 Å². The van der Waals surface area contributed by atoms with Crippen molar-refractivity contribution in [3.8, 4) is 11.3 Å². The average Bonchev–Trinajstić information content (AvgIpc) is 3.36. The molecule has 1 aliphatic heterocycles.